The minimum absolute atomic E-state index is 0.00652. The van der Waals surface area contributed by atoms with Crippen molar-refractivity contribution >= 4 is 11.8 Å². The van der Waals surface area contributed by atoms with E-state index in [9.17, 15) is 14.7 Å². The second-order valence-electron chi connectivity index (χ2n) is 12.4. The molecule has 0 aromatic heterocycles. The molecule has 3 N–H and O–H groups in total. The van der Waals surface area contributed by atoms with Gasteiger partial charge in [-0.1, -0.05) is 50.6 Å². The van der Waals surface area contributed by atoms with E-state index in [1.54, 1.807) is 11.1 Å². The van der Waals surface area contributed by atoms with Crippen molar-refractivity contribution in [2.24, 2.45) is 11.8 Å². The van der Waals surface area contributed by atoms with E-state index in [0.717, 1.165) is 44.3 Å². The lowest BCUT2D eigenvalue weighted by Gasteiger charge is -2.39. The maximum absolute atomic E-state index is 12.8. The fraction of sp³-hybridized carbons (Fsp3) is 0.742. The van der Waals surface area contributed by atoms with E-state index in [2.05, 4.69) is 23.7 Å². The number of nitrogens with one attached hydrogen (secondary N) is 2. The second kappa shape index (κ2) is 13.7. The van der Waals surface area contributed by atoms with Crippen LogP contribution in [0, 0.1) is 11.8 Å². The Bertz CT molecular complexity index is 968. The van der Waals surface area contributed by atoms with Gasteiger partial charge >= 0.3 is 0 Å². The molecule has 0 radical (unpaired) electrons. The van der Waals surface area contributed by atoms with Crippen LogP contribution in [0.2, 0.25) is 0 Å². The Hall–Kier alpha value is -2.04. The highest BCUT2D eigenvalue weighted by atomic mass is 16.6. The zero-order valence-electron chi connectivity index (χ0n) is 24.8. The van der Waals surface area contributed by atoms with Crippen LogP contribution in [0.15, 0.2) is 36.0 Å². The van der Waals surface area contributed by atoms with Crippen LogP contribution in [0.4, 0.5) is 0 Å². The smallest absolute Gasteiger partial charge is 0.243 e. The van der Waals surface area contributed by atoms with Crippen molar-refractivity contribution in [1.29, 1.82) is 0 Å². The number of carbonyl (C=O) groups is 2. The molecule has 4 saturated heterocycles. The molecule has 224 valence electrons. The molecule has 4 rings (SSSR count). The molecule has 0 unspecified atom stereocenters. The zero-order valence-corrected chi connectivity index (χ0v) is 24.8. The molecule has 2 amide bonds. The molecular formula is C31H49N3O6. The molecule has 4 heterocycles. The summed E-state index contributed by atoms with van der Waals surface area (Å²) in [5.41, 5.74) is 3.61. The number of carbonyl (C=O) groups excluding carboxylic acids is 2. The standard InChI is InChI=1S/C31H49N3O6/c1-20(2)8-13-28(35)33-25-16-22(4)26(39-23(25)5)11-9-21(3)10-12-27-30(37)31(19-38-31)18-24(40-27)17-29(36)34-15-7-6-14-32-34/h8-10,12-13,20,22-27,30,32,37H,6-7,11,14-19H2,1-5H3,(H,33,35)/b12-10+,13-8-,21-9+/t22-,23+,24+,25+,26-,27+,30+,31+/m0/s1. The van der Waals surface area contributed by atoms with Gasteiger partial charge in [0.2, 0.25) is 11.8 Å². The molecule has 0 aliphatic carbocycles. The highest BCUT2D eigenvalue weighted by Crippen LogP contribution is 2.43. The van der Waals surface area contributed by atoms with E-state index >= 15 is 0 Å². The topological polar surface area (TPSA) is 113 Å². The van der Waals surface area contributed by atoms with Crippen LogP contribution in [-0.4, -0.2) is 83.8 Å². The van der Waals surface area contributed by atoms with Gasteiger partial charge in [-0.25, -0.2) is 5.43 Å². The third kappa shape index (κ3) is 8.26. The number of hydrazine groups is 1. The van der Waals surface area contributed by atoms with Crippen LogP contribution < -0.4 is 10.7 Å². The summed E-state index contributed by atoms with van der Waals surface area (Å²) in [6.07, 6.45) is 12.4. The Morgan fingerprint density at radius 2 is 1.98 bits per heavy atom. The molecular weight excluding hydrogens is 510 g/mol. The fourth-order valence-electron chi connectivity index (χ4n) is 5.85. The van der Waals surface area contributed by atoms with E-state index in [-0.39, 0.29) is 42.6 Å². The van der Waals surface area contributed by atoms with Crippen molar-refractivity contribution in [1.82, 2.24) is 15.8 Å². The van der Waals surface area contributed by atoms with E-state index < -0.39 is 17.8 Å². The maximum Gasteiger partial charge on any atom is 0.243 e. The molecule has 9 heteroatoms. The lowest BCUT2D eigenvalue weighted by molar-refractivity contribution is -0.153. The molecule has 1 spiro atoms. The van der Waals surface area contributed by atoms with Gasteiger partial charge in [-0.2, -0.15) is 0 Å². The number of aliphatic hydroxyl groups is 1. The summed E-state index contributed by atoms with van der Waals surface area (Å²) in [5, 5.41) is 15.7. The molecule has 8 atom stereocenters. The van der Waals surface area contributed by atoms with Gasteiger partial charge in [-0.05, 0) is 57.4 Å². The minimum Gasteiger partial charge on any atom is -0.387 e. The summed E-state index contributed by atoms with van der Waals surface area (Å²) in [7, 11) is 0. The average molecular weight is 560 g/mol. The Labute approximate surface area is 239 Å². The number of hydrogen-bond donors (Lipinski definition) is 3. The highest BCUT2D eigenvalue weighted by molar-refractivity contribution is 5.87. The van der Waals surface area contributed by atoms with Crippen molar-refractivity contribution in [2.45, 2.75) is 115 Å². The highest BCUT2D eigenvalue weighted by Gasteiger charge is 2.58. The molecule has 4 aliphatic rings. The normalized spacial score (nSPS) is 37.0. The van der Waals surface area contributed by atoms with Crippen molar-refractivity contribution in [3.05, 3.63) is 36.0 Å². The molecule has 9 nitrogen and oxygen atoms in total. The van der Waals surface area contributed by atoms with E-state index in [1.807, 2.05) is 45.9 Å². The van der Waals surface area contributed by atoms with Crippen LogP contribution in [0.3, 0.4) is 0 Å². The number of allylic oxidation sites excluding steroid dienone is 3. The summed E-state index contributed by atoms with van der Waals surface area (Å²) < 4.78 is 18.2. The van der Waals surface area contributed by atoms with Crippen molar-refractivity contribution in [3.63, 3.8) is 0 Å². The van der Waals surface area contributed by atoms with Gasteiger partial charge in [-0.15, -0.1) is 0 Å². The van der Waals surface area contributed by atoms with Gasteiger partial charge in [0.05, 0.1) is 37.4 Å². The Morgan fingerprint density at radius 1 is 1.20 bits per heavy atom. The molecule has 40 heavy (non-hydrogen) atoms. The third-order valence-corrected chi connectivity index (χ3v) is 8.50. The van der Waals surface area contributed by atoms with Gasteiger partial charge in [0.15, 0.2) is 0 Å². The molecule has 0 aromatic carbocycles. The first kappa shape index (κ1) is 30.9. The van der Waals surface area contributed by atoms with Gasteiger partial charge in [-0.3, -0.25) is 14.6 Å². The van der Waals surface area contributed by atoms with Crippen molar-refractivity contribution in [3.8, 4) is 0 Å². The van der Waals surface area contributed by atoms with Crippen LogP contribution in [0.5, 0.6) is 0 Å². The molecule has 0 aromatic rings. The SMILES string of the molecule is CC(/C=C/[C@H]1O[C@H](CC(=O)N2CCCCN2)C[C@@]2(CO2)[C@@H]1O)=C\C[C@@H]1O[C@H](C)[C@H](NC(=O)/C=C\C(C)C)C[C@@H]1C. The molecule has 4 fully saturated rings. The van der Waals surface area contributed by atoms with E-state index in [4.69, 9.17) is 14.2 Å². The van der Waals surface area contributed by atoms with Crippen LogP contribution >= 0.6 is 0 Å². The maximum atomic E-state index is 12.8. The van der Waals surface area contributed by atoms with Crippen LogP contribution in [0.1, 0.15) is 73.1 Å². The lowest BCUT2D eigenvalue weighted by atomic mass is 9.87. The Kier molecular flexibility index (Phi) is 10.6. The number of nitrogens with zero attached hydrogens (tertiary/aromatic N) is 1. The lowest BCUT2D eigenvalue weighted by Crippen LogP contribution is -2.52. The predicted molar refractivity (Wildman–Crippen MR) is 153 cm³/mol. The fourth-order valence-corrected chi connectivity index (χ4v) is 5.85. The number of epoxide rings is 1. The first-order valence-corrected chi connectivity index (χ1v) is 15.1. The second-order valence-corrected chi connectivity index (χ2v) is 12.4. The summed E-state index contributed by atoms with van der Waals surface area (Å²) in [6, 6.07) is -0.00652. The van der Waals surface area contributed by atoms with E-state index in [1.165, 1.54) is 0 Å². The number of hydrogen-bond acceptors (Lipinski definition) is 7. The van der Waals surface area contributed by atoms with Gasteiger partial charge in [0, 0.05) is 19.5 Å². The summed E-state index contributed by atoms with van der Waals surface area (Å²) in [5.74, 6) is 0.592. The van der Waals surface area contributed by atoms with Gasteiger partial charge < -0.3 is 24.6 Å². The summed E-state index contributed by atoms with van der Waals surface area (Å²) in [6.45, 7) is 12.3. The minimum atomic E-state index is -0.763. The van der Waals surface area contributed by atoms with Crippen LogP contribution in [-0.2, 0) is 23.8 Å². The monoisotopic (exact) mass is 559 g/mol. The summed E-state index contributed by atoms with van der Waals surface area (Å²) in [4.78, 5) is 25.0. The largest absolute Gasteiger partial charge is 0.387 e. The number of rotatable bonds is 9. The average Bonchev–Trinajstić information content (AvgIpc) is 3.70. The summed E-state index contributed by atoms with van der Waals surface area (Å²) >= 11 is 0. The van der Waals surface area contributed by atoms with Gasteiger partial charge in [0.1, 0.15) is 17.8 Å². The predicted octanol–water partition coefficient (Wildman–Crippen LogP) is 3.19. The number of amides is 2. The third-order valence-electron chi connectivity index (χ3n) is 8.50. The van der Waals surface area contributed by atoms with Crippen molar-refractivity contribution < 1.29 is 28.9 Å². The zero-order chi connectivity index (χ0) is 28.9. The molecule has 4 aliphatic heterocycles. The van der Waals surface area contributed by atoms with Crippen LogP contribution in [0.25, 0.3) is 0 Å². The first-order valence-electron chi connectivity index (χ1n) is 15.1. The Morgan fingerprint density at radius 3 is 2.65 bits per heavy atom. The molecule has 0 bridgehead atoms. The number of ether oxygens (including phenoxy) is 3. The number of aliphatic hydroxyl groups excluding tert-OH is 1. The molecule has 0 saturated carbocycles. The van der Waals surface area contributed by atoms with Gasteiger partial charge in [0.25, 0.3) is 0 Å². The first-order chi connectivity index (χ1) is 19.1. The van der Waals surface area contributed by atoms with Crippen molar-refractivity contribution in [2.75, 3.05) is 19.7 Å². The Balaban J connectivity index is 1.28. The van der Waals surface area contributed by atoms with E-state index in [0.29, 0.717) is 24.9 Å². The quantitative estimate of drug-likeness (QED) is 0.226.